The van der Waals surface area contributed by atoms with Gasteiger partial charge in [-0.1, -0.05) is 37.1 Å². The molecule has 0 spiro atoms. The molecule has 9 heteroatoms. The van der Waals surface area contributed by atoms with Gasteiger partial charge >= 0.3 is 6.03 Å². The fourth-order valence-electron chi connectivity index (χ4n) is 4.42. The lowest BCUT2D eigenvalue weighted by molar-refractivity contribution is 0.126. The fraction of sp³-hybridized carbons (Fsp3) is 0.406. The van der Waals surface area contributed by atoms with E-state index in [0.717, 1.165) is 76.0 Å². The Kier molecular flexibility index (Phi) is 13.9. The van der Waals surface area contributed by atoms with Crippen LogP contribution in [0, 0.1) is 0 Å². The highest BCUT2D eigenvalue weighted by Gasteiger charge is 2.10. The molecule has 0 aliphatic carbocycles. The summed E-state index contributed by atoms with van der Waals surface area (Å²) in [4.78, 5) is 12.2. The molecule has 0 fully saturated rings. The highest BCUT2D eigenvalue weighted by molar-refractivity contribution is 5.99. The number of aryl methyl sites for hydroxylation is 1. The van der Waals surface area contributed by atoms with Crippen molar-refractivity contribution in [1.29, 1.82) is 0 Å². The lowest BCUT2D eigenvalue weighted by atomic mass is 10.1. The van der Waals surface area contributed by atoms with Gasteiger partial charge in [0.05, 0.1) is 12.7 Å². The maximum Gasteiger partial charge on any atom is 0.323 e. The van der Waals surface area contributed by atoms with E-state index in [4.69, 9.17) is 4.74 Å². The Balaban J connectivity index is 1.16. The van der Waals surface area contributed by atoms with Crippen molar-refractivity contribution in [1.82, 2.24) is 5.32 Å². The number of phenols is 2. The number of urea groups is 1. The van der Waals surface area contributed by atoms with E-state index in [0.29, 0.717) is 23.4 Å². The number of unbranched alkanes of at least 4 members (excludes halogenated alkanes) is 4. The van der Waals surface area contributed by atoms with Gasteiger partial charge in [0.2, 0.25) is 0 Å². The Bertz CT molecular complexity index is 1210. The third-order valence-electron chi connectivity index (χ3n) is 6.68. The number of nitrogens with one attached hydrogen (secondary N) is 3. The van der Waals surface area contributed by atoms with Gasteiger partial charge < -0.3 is 41.1 Å². The number of aliphatic hydroxyl groups is 2. The zero-order valence-electron chi connectivity index (χ0n) is 23.5. The molecule has 0 radical (unpaired) electrons. The normalized spacial score (nSPS) is 11.8. The molecule has 3 rings (SSSR count). The molecule has 2 amide bonds. The van der Waals surface area contributed by atoms with Gasteiger partial charge in [-0.15, -0.1) is 0 Å². The summed E-state index contributed by atoms with van der Waals surface area (Å²) in [6.45, 7) is 2.48. The number of phenolic OH excluding ortho intramolecular Hbond substituents is 1. The van der Waals surface area contributed by atoms with Crippen molar-refractivity contribution in [2.45, 2.75) is 57.7 Å². The Hall–Kier alpha value is -3.63. The van der Waals surface area contributed by atoms with Crippen molar-refractivity contribution >= 4 is 17.4 Å². The first kappa shape index (κ1) is 31.9. The van der Waals surface area contributed by atoms with Gasteiger partial charge in [-0.2, -0.15) is 0 Å². The van der Waals surface area contributed by atoms with Gasteiger partial charge in [0.1, 0.15) is 11.5 Å². The van der Waals surface area contributed by atoms with Crippen molar-refractivity contribution in [2.24, 2.45) is 0 Å². The lowest BCUT2D eigenvalue weighted by Gasteiger charge is -2.14. The minimum Gasteiger partial charge on any atom is -0.508 e. The number of amides is 2. The SMILES string of the molecule is O=C(Nc1cccc(O)c1)Nc1cccc(CCCCOCCCCCCNC[C@@H](O)c2ccc(O)c(CO)c2)c1. The Morgan fingerprint density at radius 2 is 1.51 bits per heavy atom. The Labute approximate surface area is 242 Å². The number of ether oxygens (including phenoxy) is 1. The molecule has 0 bridgehead atoms. The number of anilines is 2. The summed E-state index contributed by atoms with van der Waals surface area (Å²) in [7, 11) is 0. The molecule has 0 saturated heterocycles. The lowest BCUT2D eigenvalue weighted by Crippen LogP contribution is -2.22. The summed E-state index contributed by atoms with van der Waals surface area (Å²) >= 11 is 0. The minimum absolute atomic E-state index is 0.0342. The molecule has 9 nitrogen and oxygen atoms in total. The van der Waals surface area contributed by atoms with E-state index in [1.165, 1.54) is 12.1 Å². The van der Waals surface area contributed by atoms with Crippen LogP contribution in [0.3, 0.4) is 0 Å². The average Bonchev–Trinajstić information content (AvgIpc) is 2.95. The first-order valence-electron chi connectivity index (χ1n) is 14.3. The number of aromatic hydroxyl groups is 2. The van der Waals surface area contributed by atoms with Crippen molar-refractivity contribution < 1.29 is 30.0 Å². The molecule has 3 aromatic rings. The zero-order valence-corrected chi connectivity index (χ0v) is 23.5. The largest absolute Gasteiger partial charge is 0.508 e. The van der Waals surface area contributed by atoms with Crippen LogP contribution >= 0.6 is 0 Å². The van der Waals surface area contributed by atoms with Crippen LogP contribution in [0.4, 0.5) is 16.2 Å². The molecule has 0 unspecified atom stereocenters. The van der Waals surface area contributed by atoms with Crippen molar-refractivity contribution in [2.75, 3.05) is 36.9 Å². The van der Waals surface area contributed by atoms with Crippen LogP contribution in [0.2, 0.25) is 0 Å². The average molecular weight is 566 g/mol. The van der Waals surface area contributed by atoms with E-state index in [2.05, 4.69) is 22.0 Å². The first-order valence-corrected chi connectivity index (χ1v) is 14.3. The molecule has 0 heterocycles. The number of rotatable bonds is 18. The van der Waals surface area contributed by atoms with Crippen molar-refractivity contribution in [3.63, 3.8) is 0 Å². The second-order valence-corrected chi connectivity index (χ2v) is 10.1. The van der Waals surface area contributed by atoms with Gasteiger partial charge in [0.25, 0.3) is 0 Å². The standard InChI is InChI=1S/C32H43N3O6/c36-23-26-20-25(14-15-30(26)38)31(39)22-33-16-4-1-2-5-17-41-18-6-3-9-24-10-7-11-27(19-24)34-32(40)35-28-12-8-13-29(37)21-28/h7-8,10-15,19-21,31,33,36-39H,1-6,9,16-18,22-23H2,(H2,34,35,40)/t31-/m1/s1. The third kappa shape index (κ3) is 12.2. The van der Waals surface area contributed by atoms with Gasteiger partial charge in [0.15, 0.2) is 0 Å². The molecular formula is C32H43N3O6. The maximum absolute atomic E-state index is 12.2. The van der Waals surface area contributed by atoms with Crippen LogP contribution in [0.15, 0.2) is 66.7 Å². The van der Waals surface area contributed by atoms with Gasteiger partial charge in [-0.3, -0.25) is 0 Å². The summed E-state index contributed by atoms with van der Waals surface area (Å²) in [5.41, 5.74) is 3.48. The van der Waals surface area contributed by atoms with Crippen LogP contribution in [0.1, 0.15) is 61.3 Å². The third-order valence-corrected chi connectivity index (χ3v) is 6.68. The summed E-state index contributed by atoms with van der Waals surface area (Å²) in [5, 5.41) is 47.5. The Morgan fingerprint density at radius 1 is 0.805 bits per heavy atom. The van der Waals surface area contributed by atoms with Gasteiger partial charge in [-0.25, -0.2) is 4.79 Å². The monoisotopic (exact) mass is 565 g/mol. The van der Waals surface area contributed by atoms with Gasteiger partial charge in [-0.05, 0) is 86.2 Å². The van der Waals surface area contributed by atoms with Crippen molar-refractivity contribution in [3.8, 4) is 11.5 Å². The van der Waals surface area contributed by atoms with Crippen LogP contribution in [0.25, 0.3) is 0 Å². The van der Waals surface area contributed by atoms with Crippen LogP contribution in [0.5, 0.6) is 11.5 Å². The minimum atomic E-state index is -0.682. The highest BCUT2D eigenvalue weighted by Crippen LogP contribution is 2.22. The number of hydrogen-bond acceptors (Lipinski definition) is 7. The maximum atomic E-state index is 12.2. The number of hydrogen-bond donors (Lipinski definition) is 7. The van der Waals surface area contributed by atoms with Crippen LogP contribution < -0.4 is 16.0 Å². The molecule has 1 atom stereocenters. The van der Waals surface area contributed by atoms with E-state index < -0.39 is 6.10 Å². The molecule has 3 aromatic carbocycles. The van der Waals surface area contributed by atoms with Gasteiger partial charge in [0, 0.05) is 42.8 Å². The first-order chi connectivity index (χ1) is 19.9. The zero-order chi connectivity index (χ0) is 29.3. The number of carbonyl (C=O) groups excluding carboxylic acids is 1. The summed E-state index contributed by atoms with van der Waals surface area (Å²) in [6.07, 6.45) is 6.44. The molecule has 0 aliphatic heterocycles. The number of aliphatic hydroxyl groups excluding tert-OH is 2. The second-order valence-electron chi connectivity index (χ2n) is 10.1. The summed E-state index contributed by atoms with van der Waals surface area (Å²) < 4.78 is 5.78. The molecular weight excluding hydrogens is 522 g/mol. The Morgan fingerprint density at radius 3 is 2.27 bits per heavy atom. The predicted octanol–water partition coefficient (Wildman–Crippen LogP) is 5.46. The summed E-state index contributed by atoms with van der Waals surface area (Å²) in [6, 6.07) is 18.6. The van der Waals surface area contributed by atoms with E-state index in [-0.39, 0.29) is 24.1 Å². The quantitative estimate of drug-likeness (QED) is 0.102. The van der Waals surface area contributed by atoms with Crippen LogP contribution in [-0.2, 0) is 17.8 Å². The smallest absolute Gasteiger partial charge is 0.323 e. The fourth-order valence-corrected chi connectivity index (χ4v) is 4.42. The molecule has 0 aromatic heterocycles. The molecule has 41 heavy (non-hydrogen) atoms. The van der Waals surface area contributed by atoms with Crippen LogP contribution in [-0.4, -0.2) is 52.8 Å². The highest BCUT2D eigenvalue weighted by atomic mass is 16.5. The molecule has 0 aliphatic rings. The number of benzene rings is 3. The van der Waals surface area contributed by atoms with E-state index in [9.17, 15) is 25.2 Å². The van der Waals surface area contributed by atoms with E-state index >= 15 is 0 Å². The van der Waals surface area contributed by atoms with E-state index in [1.54, 1.807) is 30.3 Å². The number of carbonyl (C=O) groups is 1. The predicted molar refractivity (Wildman–Crippen MR) is 161 cm³/mol. The topological polar surface area (TPSA) is 143 Å². The van der Waals surface area contributed by atoms with E-state index in [1.807, 2.05) is 18.2 Å². The molecule has 222 valence electrons. The second kappa shape index (κ2) is 17.9. The molecule has 0 saturated carbocycles. The summed E-state index contributed by atoms with van der Waals surface area (Å²) in [5.74, 6) is 0.130. The molecule has 7 N–H and O–H groups in total. The van der Waals surface area contributed by atoms with Crippen molar-refractivity contribution in [3.05, 3.63) is 83.4 Å².